The van der Waals surface area contributed by atoms with E-state index in [4.69, 9.17) is 18.9 Å². The van der Waals surface area contributed by atoms with Crippen LogP contribution in [0.1, 0.15) is 28.2 Å². The summed E-state index contributed by atoms with van der Waals surface area (Å²) >= 11 is 0. The zero-order chi connectivity index (χ0) is 28.1. The van der Waals surface area contributed by atoms with Gasteiger partial charge in [-0.15, -0.1) is 0 Å². The minimum Gasteiger partial charge on any atom is -0.504 e. The number of benzene rings is 3. The van der Waals surface area contributed by atoms with Crippen molar-refractivity contribution in [2.45, 2.75) is 12.3 Å². The van der Waals surface area contributed by atoms with Crippen molar-refractivity contribution in [3.05, 3.63) is 76.9 Å². The Balaban J connectivity index is 1.65. The zero-order valence-electron chi connectivity index (χ0n) is 22.0. The van der Waals surface area contributed by atoms with Crippen molar-refractivity contribution in [3.63, 3.8) is 0 Å². The number of fused-ring (bicyclic) bond motifs is 1. The lowest BCUT2D eigenvalue weighted by molar-refractivity contribution is -0.140. The Bertz CT molecular complexity index is 1360. The fourth-order valence-corrected chi connectivity index (χ4v) is 5.13. The molecule has 0 bridgehead atoms. The number of aliphatic hydroxyl groups excluding tert-OH is 1. The fourth-order valence-electron chi connectivity index (χ4n) is 5.13. The third kappa shape index (κ3) is 5.88. The standard InChI is InChI=1S/C30H32O9/c1-36-26-10-17(4-7-23(26)32)5-9-29(35)39-16-22-20(15-31)11-19-13-28(38-3)25(34)14-21(19)30(22)18-6-8-24(33)27(12-18)37-2/h4-10,12-14,20,22,30-34H,11,15-16H2,1-3H3/b9-5+/t20-,22-,30-/m0/s1. The predicted molar refractivity (Wildman–Crippen MR) is 144 cm³/mol. The van der Waals surface area contributed by atoms with E-state index in [2.05, 4.69) is 0 Å². The molecule has 9 nitrogen and oxygen atoms in total. The average molecular weight is 537 g/mol. The Morgan fingerprint density at radius 1 is 0.872 bits per heavy atom. The first kappa shape index (κ1) is 27.7. The number of phenolic OH excluding ortho intramolecular Hbond substituents is 3. The topological polar surface area (TPSA) is 135 Å². The van der Waals surface area contributed by atoms with Gasteiger partial charge in [-0.2, -0.15) is 0 Å². The van der Waals surface area contributed by atoms with Gasteiger partial charge in [-0.1, -0.05) is 12.1 Å². The number of carbonyl (C=O) groups is 1. The van der Waals surface area contributed by atoms with Crippen LogP contribution in [0.3, 0.4) is 0 Å². The fraction of sp³-hybridized carbons (Fsp3) is 0.300. The van der Waals surface area contributed by atoms with Crippen LogP contribution < -0.4 is 14.2 Å². The number of esters is 1. The highest BCUT2D eigenvalue weighted by atomic mass is 16.5. The summed E-state index contributed by atoms with van der Waals surface area (Å²) in [6, 6.07) is 13.1. The Hall–Kier alpha value is -4.37. The maximum atomic E-state index is 12.7. The number of aromatic hydroxyl groups is 3. The molecule has 0 radical (unpaired) electrons. The molecule has 0 unspecified atom stereocenters. The second-order valence-corrected chi connectivity index (χ2v) is 9.34. The van der Waals surface area contributed by atoms with E-state index in [0.29, 0.717) is 17.7 Å². The van der Waals surface area contributed by atoms with Gasteiger partial charge >= 0.3 is 5.97 Å². The maximum absolute atomic E-state index is 12.7. The quantitative estimate of drug-likeness (QED) is 0.236. The summed E-state index contributed by atoms with van der Waals surface area (Å²) in [5.74, 6) is -0.765. The van der Waals surface area contributed by atoms with Gasteiger partial charge in [0.2, 0.25) is 0 Å². The minimum absolute atomic E-state index is 0.00656. The number of methoxy groups -OCH3 is 3. The largest absolute Gasteiger partial charge is 0.504 e. The summed E-state index contributed by atoms with van der Waals surface area (Å²) in [7, 11) is 4.36. The van der Waals surface area contributed by atoms with Crippen LogP contribution in [0.4, 0.5) is 0 Å². The van der Waals surface area contributed by atoms with Crippen LogP contribution in [0.25, 0.3) is 6.08 Å². The van der Waals surface area contributed by atoms with Crippen molar-refractivity contribution in [1.82, 2.24) is 0 Å². The number of rotatable bonds is 9. The molecule has 4 rings (SSSR count). The molecule has 3 aromatic rings. The maximum Gasteiger partial charge on any atom is 0.330 e. The molecule has 0 heterocycles. The molecule has 3 aromatic carbocycles. The van der Waals surface area contributed by atoms with Crippen LogP contribution in [-0.2, 0) is 16.0 Å². The van der Waals surface area contributed by atoms with E-state index < -0.39 is 11.9 Å². The first-order chi connectivity index (χ1) is 18.8. The normalized spacial score (nSPS) is 18.4. The second-order valence-electron chi connectivity index (χ2n) is 9.34. The van der Waals surface area contributed by atoms with E-state index in [1.54, 1.807) is 42.5 Å². The number of ether oxygens (including phenoxy) is 4. The summed E-state index contributed by atoms with van der Waals surface area (Å²) in [4.78, 5) is 12.7. The van der Waals surface area contributed by atoms with E-state index in [-0.39, 0.29) is 53.8 Å². The molecule has 0 fully saturated rings. The molecular weight excluding hydrogens is 504 g/mol. The summed E-state index contributed by atoms with van der Waals surface area (Å²) in [6.45, 7) is -0.160. The third-order valence-corrected chi connectivity index (χ3v) is 7.12. The first-order valence-electron chi connectivity index (χ1n) is 12.4. The van der Waals surface area contributed by atoms with Crippen LogP contribution >= 0.6 is 0 Å². The lowest BCUT2D eigenvalue weighted by Gasteiger charge is -2.39. The van der Waals surface area contributed by atoms with Crippen LogP contribution in [0.15, 0.2) is 54.6 Å². The Morgan fingerprint density at radius 2 is 1.51 bits per heavy atom. The molecule has 4 N–H and O–H groups in total. The molecule has 0 aromatic heterocycles. The summed E-state index contributed by atoms with van der Waals surface area (Å²) in [5, 5.41) is 40.8. The molecule has 0 saturated heterocycles. The van der Waals surface area contributed by atoms with Gasteiger partial charge in [0.1, 0.15) is 0 Å². The van der Waals surface area contributed by atoms with Crippen LogP contribution in [0.2, 0.25) is 0 Å². The van der Waals surface area contributed by atoms with Gasteiger partial charge in [-0.3, -0.25) is 0 Å². The van der Waals surface area contributed by atoms with Crippen LogP contribution in [0, 0.1) is 11.8 Å². The molecule has 206 valence electrons. The molecule has 0 amide bonds. The van der Waals surface area contributed by atoms with Crippen molar-refractivity contribution in [2.75, 3.05) is 34.5 Å². The molecule has 1 aliphatic carbocycles. The Labute approximate surface area is 226 Å². The van der Waals surface area contributed by atoms with Crippen LogP contribution in [-0.4, -0.2) is 60.9 Å². The van der Waals surface area contributed by atoms with Gasteiger partial charge in [0, 0.05) is 24.5 Å². The highest BCUT2D eigenvalue weighted by Gasteiger charge is 2.39. The van der Waals surface area contributed by atoms with E-state index in [1.807, 2.05) is 0 Å². The third-order valence-electron chi connectivity index (χ3n) is 7.12. The van der Waals surface area contributed by atoms with Gasteiger partial charge in [0.15, 0.2) is 34.5 Å². The van der Waals surface area contributed by atoms with Crippen molar-refractivity contribution < 1.29 is 44.2 Å². The number of hydrogen-bond donors (Lipinski definition) is 4. The summed E-state index contributed by atoms with van der Waals surface area (Å²) in [6.07, 6.45) is 3.32. The smallest absolute Gasteiger partial charge is 0.330 e. The molecular formula is C30H32O9. The van der Waals surface area contributed by atoms with Gasteiger partial charge in [0.05, 0.1) is 27.9 Å². The molecule has 0 spiro atoms. The lowest BCUT2D eigenvalue weighted by Crippen LogP contribution is -2.36. The average Bonchev–Trinajstić information content (AvgIpc) is 2.95. The molecule has 9 heteroatoms. The number of aliphatic hydroxyl groups is 1. The van der Waals surface area contributed by atoms with Gasteiger partial charge in [0.25, 0.3) is 0 Å². The number of hydrogen-bond acceptors (Lipinski definition) is 9. The molecule has 0 saturated carbocycles. The van der Waals surface area contributed by atoms with Crippen LogP contribution in [0.5, 0.6) is 34.5 Å². The van der Waals surface area contributed by atoms with Gasteiger partial charge in [-0.25, -0.2) is 4.79 Å². The summed E-state index contributed by atoms with van der Waals surface area (Å²) in [5.41, 5.74) is 3.10. The summed E-state index contributed by atoms with van der Waals surface area (Å²) < 4.78 is 21.4. The SMILES string of the molecule is COc1cc(/C=C/C(=O)OC[C@H]2[C@H](CO)Cc3cc(OC)c(O)cc3[C@@H]2c2ccc(O)c(OC)c2)ccc1O. The van der Waals surface area contributed by atoms with Gasteiger partial charge < -0.3 is 39.4 Å². The lowest BCUT2D eigenvalue weighted by atomic mass is 9.67. The predicted octanol–water partition coefficient (Wildman–Crippen LogP) is 4.00. The van der Waals surface area contributed by atoms with E-state index in [0.717, 1.165) is 16.7 Å². The molecule has 1 aliphatic rings. The van der Waals surface area contributed by atoms with E-state index in [1.165, 1.54) is 39.5 Å². The Kier molecular flexibility index (Phi) is 8.51. The Morgan fingerprint density at radius 3 is 2.18 bits per heavy atom. The first-order valence-corrected chi connectivity index (χ1v) is 12.4. The van der Waals surface area contributed by atoms with Crippen molar-refractivity contribution in [2.24, 2.45) is 11.8 Å². The zero-order valence-corrected chi connectivity index (χ0v) is 22.0. The van der Waals surface area contributed by atoms with Crippen molar-refractivity contribution >= 4 is 12.0 Å². The monoisotopic (exact) mass is 536 g/mol. The number of carbonyl (C=O) groups excluding carboxylic acids is 1. The highest BCUT2D eigenvalue weighted by Crippen LogP contribution is 2.48. The number of phenols is 3. The minimum atomic E-state index is -0.579. The van der Waals surface area contributed by atoms with Crippen molar-refractivity contribution in [3.8, 4) is 34.5 Å². The molecule has 3 atom stereocenters. The highest BCUT2D eigenvalue weighted by molar-refractivity contribution is 5.87. The van der Waals surface area contributed by atoms with Gasteiger partial charge in [-0.05, 0) is 77.1 Å². The van der Waals surface area contributed by atoms with E-state index >= 15 is 0 Å². The molecule has 39 heavy (non-hydrogen) atoms. The second kappa shape index (κ2) is 12.0. The van der Waals surface area contributed by atoms with E-state index in [9.17, 15) is 25.2 Å². The molecule has 0 aliphatic heterocycles. The van der Waals surface area contributed by atoms with Crippen molar-refractivity contribution in [1.29, 1.82) is 0 Å².